The van der Waals surface area contributed by atoms with E-state index in [0.29, 0.717) is 6.07 Å². The first-order valence-electron chi connectivity index (χ1n) is 5.94. The van der Waals surface area contributed by atoms with Crippen LogP contribution >= 0.6 is 0 Å². The van der Waals surface area contributed by atoms with E-state index in [0.717, 1.165) is 12.1 Å². The molecule has 0 heterocycles. The van der Waals surface area contributed by atoms with Crippen molar-refractivity contribution >= 4 is 11.6 Å². The summed E-state index contributed by atoms with van der Waals surface area (Å²) in [6, 6.07) is 2.70. The third-order valence-corrected chi connectivity index (χ3v) is 3.36. The van der Waals surface area contributed by atoms with E-state index < -0.39 is 33.5 Å². The highest BCUT2D eigenvalue weighted by Crippen LogP contribution is 2.24. The first-order chi connectivity index (χ1) is 8.95. The van der Waals surface area contributed by atoms with Gasteiger partial charge >= 0.3 is 0 Å². The van der Waals surface area contributed by atoms with Crippen LogP contribution in [0.5, 0.6) is 0 Å². The molecule has 0 aromatic heterocycles. The summed E-state index contributed by atoms with van der Waals surface area (Å²) in [5.41, 5.74) is -3.13. The summed E-state index contributed by atoms with van der Waals surface area (Å²) >= 11 is 0. The van der Waals surface area contributed by atoms with Crippen LogP contribution < -0.4 is 5.32 Å². The van der Waals surface area contributed by atoms with E-state index in [9.17, 15) is 24.4 Å². The molecule has 0 radical (unpaired) electrons. The Balaban J connectivity index is 3.14. The van der Waals surface area contributed by atoms with Crippen molar-refractivity contribution in [2.45, 2.75) is 38.8 Å². The number of amides is 1. The molecular weight excluding hydrogens is 267 g/mol. The number of hydrogen-bond acceptors (Lipinski definition) is 4. The number of aliphatic hydroxyl groups is 1. The summed E-state index contributed by atoms with van der Waals surface area (Å²) in [4.78, 5) is 22.1. The fourth-order valence-corrected chi connectivity index (χ4v) is 1.35. The van der Waals surface area contributed by atoms with Crippen molar-refractivity contribution in [2.24, 2.45) is 0 Å². The average molecular weight is 284 g/mol. The van der Waals surface area contributed by atoms with Crippen molar-refractivity contribution in [2.75, 3.05) is 0 Å². The Morgan fingerprint density at radius 3 is 2.35 bits per heavy atom. The maximum atomic E-state index is 13.0. The summed E-state index contributed by atoms with van der Waals surface area (Å²) < 4.78 is 13.0. The van der Waals surface area contributed by atoms with Crippen LogP contribution in [0.2, 0.25) is 0 Å². The zero-order valence-electron chi connectivity index (χ0n) is 11.7. The second-order valence-electron chi connectivity index (χ2n) is 5.56. The number of nitro benzene ring substituents is 1. The highest BCUT2D eigenvalue weighted by Gasteiger charge is 2.37. The van der Waals surface area contributed by atoms with E-state index in [1.165, 1.54) is 13.8 Å². The standard InChI is InChI=1S/C13H17FN2O4/c1-12(2,13(3,4)18)15-11(17)9-6-5-8(14)7-10(9)16(19)20/h5-7,18H,1-4H3,(H,15,17). The molecule has 0 unspecified atom stereocenters. The Hall–Kier alpha value is -2.02. The smallest absolute Gasteiger partial charge is 0.285 e. The molecule has 6 nitrogen and oxygen atoms in total. The second kappa shape index (κ2) is 5.16. The van der Waals surface area contributed by atoms with E-state index >= 15 is 0 Å². The molecule has 0 aliphatic heterocycles. The molecule has 0 saturated heterocycles. The summed E-state index contributed by atoms with van der Waals surface area (Å²) in [7, 11) is 0. The van der Waals surface area contributed by atoms with Crippen molar-refractivity contribution in [3.05, 3.63) is 39.7 Å². The Kier molecular flexibility index (Phi) is 4.14. The van der Waals surface area contributed by atoms with Gasteiger partial charge in [-0.15, -0.1) is 0 Å². The Morgan fingerprint density at radius 2 is 1.90 bits per heavy atom. The lowest BCUT2D eigenvalue weighted by Crippen LogP contribution is -2.57. The fourth-order valence-electron chi connectivity index (χ4n) is 1.35. The number of nitrogens with zero attached hydrogens (tertiary/aromatic N) is 1. The fraction of sp³-hybridized carbons (Fsp3) is 0.462. The van der Waals surface area contributed by atoms with Crippen LogP contribution in [-0.4, -0.2) is 27.1 Å². The van der Waals surface area contributed by atoms with Gasteiger partial charge in [-0.1, -0.05) is 0 Å². The number of carbonyl (C=O) groups excluding carboxylic acids is 1. The lowest BCUT2D eigenvalue weighted by molar-refractivity contribution is -0.385. The molecule has 1 rings (SSSR count). The zero-order valence-corrected chi connectivity index (χ0v) is 11.7. The van der Waals surface area contributed by atoms with Crippen molar-refractivity contribution < 1.29 is 19.2 Å². The number of carbonyl (C=O) groups is 1. The molecule has 0 aliphatic carbocycles. The van der Waals surface area contributed by atoms with Gasteiger partial charge in [0.2, 0.25) is 0 Å². The van der Waals surface area contributed by atoms with Gasteiger partial charge < -0.3 is 10.4 Å². The number of hydrogen-bond donors (Lipinski definition) is 2. The molecule has 0 bridgehead atoms. The summed E-state index contributed by atoms with van der Waals surface area (Å²) in [6.07, 6.45) is 0. The SMILES string of the molecule is CC(C)(O)C(C)(C)NC(=O)c1ccc(F)cc1[N+](=O)[O-]. The molecule has 2 N–H and O–H groups in total. The maximum absolute atomic E-state index is 13.0. The van der Waals surface area contributed by atoms with Crippen molar-refractivity contribution in [3.63, 3.8) is 0 Å². The van der Waals surface area contributed by atoms with Crippen LogP contribution in [0, 0.1) is 15.9 Å². The van der Waals surface area contributed by atoms with Crippen molar-refractivity contribution in [3.8, 4) is 0 Å². The van der Waals surface area contributed by atoms with E-state index in [-0.39, 0.29) is 5.56 Å². The third-order valence-electron chi connectivity index (χ3n) is 3.36. The number of nitro groups is 1. The lowest BCUT2D eigenvalue weighted by atomic mass is 9.85. The highest BCUT2D eigenvalue weighted by molar-refractivity contribution is 5.98. The third kappa shape index (κ3) is 3.30. The minimum atomic E-state index is -1.24. The molecule has 0 aliphatic rings. The number of nitrogens with one attached hydrogen (secondary N) is 1. The van der Waals surface area contributed by atoms with E-state index in [4.69, 9.17) is 0 Å². The predicted octanol–water partition coefficient (Wildman–Crippen LogP) is 2.01. The van der Waals surface area contributed by atoms with Gasteiger partial charge in [-0.3, -0.25) is 14.9 Å². The first-order valence-corrected chi connectivity index (χ1v) is 5.94. The van der Waals surface area contributed by atoms with Gasteiger partial charge in [0.1, 0.15) is 11.4 Å². The summed E-state index contributed by atoms with van der Waals surface area (Å²) in [5, 5.41) is 23.3. The molecule has 0 fully saturated rings. The molecule has 7 heteroatoms. The molecular formula is C13H17FN2O4. The molecule has 0 atom stereocenters. The molecule has 110 valence electrons. The molecule has 0 saturated carbocycles. The van der Waals surface area contributed by atoms with Crippen molar-refractivity contribution in [1.82, 2.24) is 5.32 Å². The Morgan fingerprint density at radius 1 is 1.35 bits per heavy atom. The Bertz CT molecular complexity index is 550. The van der Waals surface area contributed by atoms with Gasteiger partial charge in [-0.25, -0.2) is 4.39 Å². The van der Waals surface area contributed by atoms with E-state index in [2.05, 4.69) is 5.32 Å². The minimum Gasteiger partial charge on any atom is -0.388 e. The van der Waals surface area contributed by atoms with Crippen LogP contribution in [-0.2, 0) is 0 Å². The van der Waals surface area contributed by atoms with Crippen LogP contribution in [0.4, 0.5) is 10.1 Å². The molecule has 1 aromatic rings. The minimum absolute atomic E-state index is 0.256. The topological polar surface area (TPSA) is 92.5 Å². The maximum Gasteiger partial charge on any atom is 0.285 e. The monoisotopic (exact) mass is 284 g/mol. The Labute approximate surface area is 115 Å². The molecule has 1 aromatic carbocycles. The zero-order chi connectivity index (χ0) is 15.7. The van der Waals surface area contributed by atoms with Crippen LogP contribution in [0.3, 0.4) is 0 Å². The van der Waals surface area contributed by atoms with Gasteiger partial charge in [-0.2, -0.15) is 0 Å². The lowest BCUT2D eigenvalue weighted by Gasteiger charge is -2.37. The van der Waals surface area contributed by atoms with Crippen molar-refractivity contribution in [1.29, 1.82) is 0 Å². The van der Waals surface area contributed by atoms with Crippen LogP contribution in [0.25, 0.3) is 0 Å². The van der Waals surface area contributed by atoms with Crippen LogP contribution in [0.15, 0.2) is 18.2 Å². The summed E-state index contributed by atoms with van der Waals surface area (Å²) in [6.45, 7) is 6.18. The first kappa shape index (κ1) is 16.0. The second-order valence-corrected chi connectivity index (χ2v) is 5.56. The normalized spacial score (nSPS) is 12.1. The number of rotatable bonds is 4. The number of halogens is 1. The molecule has 0 spiro atoms. The van der Waals surface area contributed by atoms with E-state index in [1.54, 1.807) is 13.8 Å². The van der Waals surface area contributed by atoms with E-state index in [1.807, 2.05) is 0 Å². The number of benzene rings is 1. The average Bonchev–Trinajstić information content (AvgIpc) is 2.26. The molecule has 20 heavy (non-hydrogen) atoms. The van der Waals surface area contributed by atoms with Gasteiger partial charge in [0.25, 0.3) is 11.6 Å². The van der Waals surface area contributed by atoms with Gasteiger partial charge in [0.05, 0.1) is 22.1 Å². The highest BCUT2D eigenvalue weighted by atomic mass is 19.1. The van der Waals surface area contributed by atoms with Gasteiger partial charge in [-0.05, 0) is 39.8 Å². The van der Waals surface area contributed by atoms with Crippen LogP contribution in [0.1, 0.15) is 38.1 Å². The largest absolute Gasteiger partial charge is 0.388 e. The van der Waals surface area contributed by atoms with Gasteiger partial charge in [0.15, 0.2) is 0 Å². The predicted molar refractivity (Wildman–Crippen MR) is 70.9 cm³/mol. The molecule has 1 amide bonds. The summed E-state index contributed by atoms with van der Waals surface area (Å²) in [5.74, 6) is -1.54. The quantitative estimate of drug-likeness (QED) is 0.653. The van der Waals surface area contributed by atoms with Gasteiger partial charge in [0, 0.05) is 0 Å².